The highest BCUT2D eigenvalue weighted by Gasteiger charge is 2.24. The number of primary amides is 1. The number of hydrogen-bond donors (Lipinski definition) is 2. The molecule has 3 N–H and O–H groups in total. The minimum atomic E-state index is -0.220. The van der Waals surface area contributed by atoms with Crippen molar-refractivity contribution in [3.63, 3.8) is 0 Å². The molecule has 1 aliphatic heterocycles. The number of nitrogens with two attached hydrogens (primary N) is 1. The first kappa shape index (κ1) is 11.5. The Morgan fingerprint density at radius 2 is 2.21 bits per heavy atom. The Kier molecular flexibility index (Phi) is 4.90. The van der Waals surface area contributed by atoms with Gasteiger partial charge in [0.25, 0.3) is 0 Å². The molecule has 82 valence electrons. The molecule has 4 heteroatoms. The van der Waals surface area contributed by atoms with E-state index in [0.717, 1.165) is 32.6 Å². The molecule has 0 aliphatic carbocycles. The Labute approximate surface area is 85.2 Å². The van der Waals surface area contributed by atoms with Crippen LogP contribution in [0.5, 0.6) is 0 Å². The molecule has 4 nitrogen and oxygen atoms in total. The number of carbonyl (C=O) groups is 1. The van der Waals surface area contributed by atoms with Crippen LogP contribution in [0.4, 0.5) is 0 Å². The van der Waals surface area contributed by atoms with Crippen molar-refractivity contribution < 1.29 is 9.53 Å². The van der Waals surface area contributed by atoms with Gasteiger partial charge in [-0.2, -0.15) is 0 Å². The lowest BCUT2D eigenvalue weighted by Gasteiger charge is -2.30. The molecule has 1 unspecified atom stereocenters. The first-order valence-corrected chi connectivity index (χ1v) is 5.33. The van der Waals surface area contributed by atoms with E-state index in [1.165, 1.54) is 0 Å². The zero-order valence-electron chi connectivity index (χ0n) is 8.79. The predicted octanol–water partition coefficient (Wildman–Crippen LogP) is 0.267. The zero-order valence-corrected chi connectivity index (χ0v) is 8.79. The summed E-state index contributed by atoms with van der Waals surface area (Å²) < 4.78 is 5.29. The number of hydrogen-bond acceptors (Lipinski definition) is 3. The summed E-state index contributed by atoms with van der Waals surface area (Å²) in [6.45, 7) is 4.55. The summed E-state index contributed by atoms with van der Waals surface area (Å²) in [6, 6.07) is 0.237. The number of ether oxygens (including phenoxy) is 1. The maximum Gasteiger partial charge on any atom is 0.218 e. The Morgan fingerprint density at radius 3 is 2.71 bits per heavy atom. The lowest BCUT2D eigenvalue weighted by Crippen LogP contribution is -2.41. The van der Waals surface area contributed by atoms with Gasteiger partial charge in [0, 0.05) is 25.7 Å². The van der Waals surface area contributed by atoms with Gasteiger partial charge in [0.1, 0.15) is 0 Å². The minimum Gasteiger partial charge on any atom is -0.381 e. The van der Waals surface area contributed by atoms with E-state index in [1.54, 1.807) is 0 Å². The summed E-state index contributed by atoms with van der Waals surface area (Å²) in [5.41, 5.74) is 5.22. The van der Waals surface area contributed by atoms with Crippen molar-refractivity contribution >= 4 is 5.91 Å². The van der Waals surface area contributed by atoms with Crippen LogP contribution < -0.4 is 11.1 Å². The summed E-state index contributed by atoms with van der Waals surface area (Å²) in [5.74, 6) is 0.318. The molecule has 1 heterocycles. The summed E-state index contributed by atoms with van der Waals surface area (Å²) in [5, 5.41) is 3.33. The van der Waals surface area contributed by atoms with E-state index in [1.807, 2.05) is 6.92 Å². The minimum absolute atomic E-state index is 0.220. The SMILES string of the molecule is CCNC(CC(N)=O)C1CCOCC1. The van der Waals surface area contributed by atoms with Crippen LogP contribution in [-0.2, 0) is 9.53 Å². The van der Waals surface area contributed by atoms with Gasteiger partial charge in [0.2, 0.25) is 5.91 Å². The molecular weight excluding hydrogens is 180 g/mol. The maximum absolute atomic E-state index is 10.9. The smallest absolute Gasteiger partial charge is 0.218 e. The maximum atomic E-state index is 10.9. The molecule has 0 aromatic heterocycles. The number of rotatable bonds is 5. The Morgan fingerprint density at radius 1 is 1.57 bits per heavy atom. The van der Waals surface area contributed by atoms with Gasteiger partial charge < -0.3 is 15.8 Å². The molecule has 0 aromatic carbocycles. The molecule has 1 aliphatic rings. The Balaban J connectivity index is 2.42. The second-order valence-corrected chi connectivity index (χ2v) is 3.78. The average Bonchev–Trinajstić information content (AvgIpc) is 2.18. The fourth-order valence-corrected chi connectivity index (χ4v) is 2.00. The number of nitrogens with one attached hydrogen (secondary N) is 1. The molecular formula is C10H20N2O2. The fraction of sp³-hybridized carbons (Fsp3) is 0.900. The van der Waals surface area contributed by atoms with Crippen molar-refractivity contribution in [2.24, 2.45) is 11.7 Å². The lowest BCUT2D eigenvalue weighted by atomic mass is 9.89. The van der Waals surface area contributed by atoms with Crippen molar-refractivity contribution in [3.8, 4) is 0 Å². The van der Waals surface area contributed by atoms with Gasteiger partial charge in [0.05, 0.1) is 0 Å². The van der Waals surface area contributed by atoms with Gasteiger partial charge >= 0.3 is 0 Å². The third-order valence-electron chi connectivity index (χ3n) is 2.72. The Bertz CT molecular complexity index is 179. The van der Waals surface area contributed by atoms with Crippen molar-refractivity contribution in [2.75, 3.05) is 19.8 Å². The van der Waals surface area contributed by atoms with E-state index in [-0.39, 0.29) is 11.9 Å². The first-order valence-electron chi connectivity index (χ1n) is 5.33. The third-order valence-corrected chi connectivity index (χ3v) is 2.72. The van der Waals surface area contributed by atoms with Crippen LogP contribution in [0.15, 0.2) is 0 Å². The monoisotopic (exact) mass is 200 g/mol. The van der Waals surface area contributed by atoms with E-state index in [2.05, 4.69) is 5.32 Å². The van der Waals surface area contributed by atoms with Gasteiger partial charge in [-0.3, -0.25) is 4.79 Å². The average molecular weight is 200 g/mol. The highest BCUT2D eigenvalue weighted by Crippen LogP contribution is 2.20. The van der Waals surface area contributed by atoms with Crippen LogP contribution >= 0.6 is 0 Å². The normalized spacial score (nSPS) is 20.6. The van der Waals surface area contributed by atoms with Crippen LogP contribution in [0.1, 0.15) is 26.2 Å². The molecule has 1 fully saturated rings. The van der Waals surface area contributed by atoms with Gasteiger partial charge in [-0.15, -0.1) is 0 Å². The molecule has 1 rings (SSSR count). The molecule has 0 spiro atoms. The second-order valence-electron chi connectivity index (χ2n) is 3.78. The number of carbonyl (C=O) groups excluding carboxylic acids is 1. The Hall–Kier alpha value is -0.610. The van der Waals surface area contributed by atoms with Gasteiger partial charge in [0.15, 0.2) is 0 Å². The summed E-state index contributed by atoms with van der Waals surface area (Å²) in [7, 11) is 0. The topological polar surface area (TPSA) is 64.3 Å². The van der Waals surface area contributed by atoms with Crippen LogP contribution in [0.3, 0.4) is 0 Å². The van der Waals surface area contributed by atoms with Gasteiger partial charge in [-0.25, -0.2) is 0 Å². The van der Waals surface area contributed by atoms with E-state index in [0.29, 0.717) is 12.3 Å². The summed E-state index contributed by atoms with van der Waals surface area (Å²) in [4.78, 5) is 10.9. The first-order chi connectivity index (χ1) is 6.74. The van der Waals surface area contributed by atoms with Crippen LogP contribution in [0.25, 0.3) is 0 Å². The lowest BCUT2D eigenvalue weighted by molar-refractivity contribution is -0.119. The van der Waals surface area contributed by atoms with Crippen LogP contribution in [-0.4, -0.2) is 31.7 Å². The van der Waals surface area contributed by atoms with Crippen molar-refractivity contribution in [2.45, 2.75) is 32.2 Å². The quantitative estimate of drug-likeness (QED) is 0.669. The van der Waals surface area contributed by atoms with Crippen molar-refractivity contribution in [3.05, 3.63) is 0 Å². The van der Waals surface area contributed by atoms with Crippen LogP contribution in [0.2, 0.25) is 0 Å². The highest BCUT2D eigenvalue weighted by atomic mass is 16.5. The molecule has 1 atom stereocenters. The summed E-state index contributed by atoms with van der Waals surface area (Å²) in [6.07, 6.45) is 2.51. The second kappa shape index (κ2) is 5.98. The van der Waals surface area contributed by atoms with Crippen molar-refractivity contribution in [1.82, 2.24) is 5.32 Å². The predicted molar refractivity (Wildman–Crippen MR) is 54.8 cm³/mol. The van der Waals surface area contributed by atoms with E-state index >= 15 is 0 Å². The highest BCUT2D eigenvalue weighted by molar-refractivity contribution is 5.74. The molecule has 0 radical (unpaired) electrons. The van der Waals surface area contributed by atoms with Crippen molar-refractivity contribution in [1.29, 1.82) is 0 Å². The molecule has 0 saturated carbocycles. The molecule has 14 heavy (non-hydrogen) atoms. The third kappa shape index (κ3) is 3.64. The largest absolute Gasteiger partial charge is 0.381 e. The zero-order chi connectivity index (χ0) is 10.4. The number of amides is 1. The molecule has 1 saturated heterocycles. The van der Waals surface area contributed by atoms with Gasteiger partial charge in [-0.1, -0.05) is 6.92 Å². The summed E-state index contributed by atoms with van der Waals surface area (Å²) >= 11 is 0. The molecule has 0 bridgehead atoms. The standard InChI is InChI=1S/C10H20N2O2/c1-2-12-9(7-10(11)13)8-3-5-14-6-4-8/h8-9,12H,2-7H2,1H3,(H2,11,13). The fourth-order valence-electron chi connectivity index (χ4n) is 2.00. The van der Waals surface area contributed by atoms with E-state index in [4.69, 9.17) is 10.5 Å². The van der Waals surface area contributed by atoms with E-state index in [9.17, 15) is 4.79 Å². The van der Waals surface area contributed by atoms with Crippen LogP contribution in [0, 0.1) is 5.92 Å². The molecule has 1 amide bonds. The van der Waals surface area contributed by atoms with E-state index < -0.39 is 0 Å². The van der Waals surface area contributed by atoms with Gasteiger partial charge in [-0.05, 0) is 25.3 Å². The molecule has 0 aromatic rings.